The highest BCUT2D eigenvalue weighted by Crippen LogP contribution is 2.18. The van der Waals surface area contributed by atoms with Crippen LogP contribution in [0.4, 0.5) is 5.69 Å². The Morgan fingerprint density at radius 1 is 1.53 bits per heavy atom. The zero-order valence-corrected chi connectivity index (χ0v) is 10.3. The van der Waals surface area contributed by atoms with Gasteiger partial charge in [0.1, 0.15) is 5.69 Å². The molecule has 0 aromatic carbocycles. The first-order valence-electron chi connectivity index (χ1n) is 5.71. The molecule has 2 heterocycles. The summed E-state index contributed by atoms with van der Waals surface area (Å²) in [5.41, 5.74) is 0.219. The summed E-state index contributed by atoms with van der Waals surface area (Å²) in [5.74, 6) is -1.92. The normalized spacial score (nSPS) is 18.5. The van der Waals surface area contributed by atoms with E-state index in [9.17, 15) is 14.4 Å². The second kappa shape index (κ2) is 5.05. The van der Waals surface area contributed by atoms with Crippen molar-refractivity contribution in [1.82, 2.24) is 9.88 Å². The summed E-state index contributed by atoms with van der Waals surface area (Å²) in [5, 5.41) is 11.4. The van der Waals surface area contributed by atoms with Crippen LogP contribution >= 0.6 is 0 Å². The van der Waals surface area contributed by atoms with Crippen molar-refractivity contribution in [2.24, 2.45) is 5.92 Å². The van der Waals surface area contributed by atoms with Crippen molar-refractivity contribution in [3.05, 3.63) is 24.0 Å². The van der Waals surface area contributed by atoms with Crippen molar-refractivity contribution < 1.29 is 19.5 Å². The lowest BCUT2D eigenvalue weighted by atomic mass is 10.1. The molecule has 1 unspecified atom stereocenters. The number of carboxylic acids is 1. The number of carbonyl (C=O) groups excluding carboxylic acids is 2. The van der Waals surface area contributed by atoms with E-state index in [2.05, 4.69) is 10.3 Å². The van der Waals surface area contributed by atoms with Gasteiger partial charge in [0.15, 0.2) is 0 Å². The minimum absolute atomic E-state index is 0.0684. The van der Waals surface area contributed by atoms with E-state index < -0.39 is 11.9 Å². The molecule has 1 aromatic rings. The molecule has 100 valence electrons. The van der Waals surface area contributed by atoms with E-state index in [1.54, 1.807) is 7.05 Å². The van der Waals surface area contributed by atoms with E-state index >= 15 is 0 Å². The van der Waals surface area contributed by atoms with Gasteiger partial charge in [-0.15, -0.1) is 0 Å². The average Bonchev–Trinajstić information content (AvgIpc) is 2.70. The van der Waals surface area contributed by atoms with Gasteiger partial charge >= 0.3 is 5.97 Å². The maximum atomic E-state index is 11.9. The van der Waals surface area contributed by atoms with E-state index in [1.165, 1.54) is 23.2 Å². The Morgan fingerprint density at radius 3 is 2.84 bits per heavy atom. The number of anilines is 1. The third kappa shape index (κ3) is 2.87. The number of rotatable bonds is 3. The van der Waals surface area contributed by atoms with Gasteiger partial charge in [-0.05, 0) is 12.1 Å². The molecule has 7 heteroatoms. The molecular formula is C12H13N3O4. The molecule has 2 N–H and O–H groups in total. The molecule has 0 bridgehead atoms. The first-order chi connectivity index (χ1) is 8.97. The third-order valence-electron chi connectivity index (χ3n) is 2.96. The smallest absolute Gasteiger partial charge is 0.354 e. The van der Waals surface area contributed by atoms with Crippen LogP contribution in [-0.2, 0) is 9.59 Å². The van der Waals surface area contributed by atoms with Crippen molar-refractivity contribution in [2.75, 3.05) is 18.9 Å². The molecule has 19 heavy (non-hydrogen) atoms. The molecule has 1 saturated heterocycles. The third-order valence-corrected chi connectivity index (χ3v) is 2.96. The first-order valence-corrected chi connectivity index (χ1v) is 5.71. The Balaban J connectivity index is 2.05. The van der Waals surface area contributed by atoms with Gasteiger partial charge in [-0.3, -0.25) is 9.59 Å². The van der Waals surface area contributed by atoms with Gasteiger partial charge in [-0.25, -0.2) is 9.78 Å². The van der Waals surface area contributed by atoms with E-state index in [0.29, 0.717) is 12.2 Å². The molecule has 1 aliphatic heterocycles. The van der Waals surface area contributed by atoms with Crippen LogP contribution in [0.15, 0.2) is 18.3 Å². The van der Waals surface area contributed by atoms with Crippen LogP contribution < -0.4 is 5.32 Å². The maximum Gasteiger partial charge on any atom is 0.354 e. The molecule has 1 fully saturated rings. The number of likely N-dealkylation sites (tertiary alicyclic amines) is 1. The van der Waals surface area contributed by atoms with Gasteiger partial charge < -0.3 is 15.3 Å². The van der Waals surface area contributed by atoms with Crippen LogP contribution in [0.5, 0.6) is 0 Å². The van der Waals surface area contributed by atoms with Crippen LogP contribution in [-0.4, -0.2) is 46.4 Å². The minimum atomic E-state index is -1.16. The average molecular weight is 263 g/mol. The number of hydrogen-bond donors (Lipinski definition) is 2. The second-order valence-electron chi connectivity index (χ2n) is 4.40. The number of carboxylic acid groups (broad SMARTS) is 1. The number of carbonyl (C=O) groups is 3. The number of aromatic carboxylic acids is 1. The fourth-order valence-electron chi connectivity index (χ4n) is 1.91. The van der Waals surface area contributed by atoms with Crippen LogP contribution in [0.25, 0.3) is 0 Å². The van der Waals surface area contributed by atoms with Gasteiger partial charge in [-0.1, -0.05) is 0 Å². The summed E-state index contributed by atoms with van der Waals surface area (Å²) >= 11 is 0. The first kappa shape index (κ1) is 13.0. The van der Waals surface area contributed by atoms with Crippen molar-refractivity contribution in [3.63, 3.8) is 0 Å². The number of amides is 2. The summed E-state index contributed by atoms with van der Waals surface area (Å²) in [6.07, 6.45) is 1.49. The summed E-state index contributed by atoms with van der Waals surface area (Å²) < 4.78 is 0. The minimum Gasteiger partial charge on any atom is -0.477 e. The van der Waals surface area contributed by atoms with Crippen molar-refractivity contribution in [2.45, 2.75) is 6.42 Å². The number of aromatic nitrogens is 1. The predicted octanol–water partition coefficient (Wildman–Crippen LogP) is 0.197. The summed E-state index contributed by atoms with van der Waals surface area (Å²) in [6, 6.07) is 2.78. The van der Waals surface area contributed by atoms with E-state index in [4.69, 9.17) is 5.11 Å². The van der Waals surface area contributed by atoms with E-state index in [-0.39, 0.29) is 23.9 Å². The molecule has 2 rings (SSSR count). The molecule has 0 spiro atoms. The highest BCUT2D eigenvalue weighted by molar-refractivity contribution is 5.97. The topological polar surface area (TPSA) is 99.6 Å². The van der Waals surface area contributed by atoms with E-state index in [1.807, 2.05) is 0 Å². The Morgan fingerprint density at radius 2 is 2.26 bits per heavy atom. The molecule has 7 nitrogen and oxygen atoms in total. The van der Waals surface area contributed by atoms with Crippen molar-refractivity contribution in [1.29, 1.82) is 0 Å². The molecule has 1 aromatic heterocycles. The number of nitrogens with one attached hydrogen (secondary N) is 1. The zero-order valence-electron chi connectivity index (χ0n) is 10.3. The molecule has 1 atom stereocenters. The van der Waals surface area contributed by atoms with Gasteiger partial charge in [0.2, 0.25) is 11.8 Å². The van der Waals surface area contributed by atoms with Gasteiger partial charge in [-0.2, -0.15) is 0 Å². The van der Waals surface area contributed by atoms with Gasteiger partial charge in [0.05, 0.1) is 5.92 Å². The molecule has 0 aliphatic carbocycles. The van der Waals surface area contributed by atoms with E-state index in [0.717, 1.165) is 0 Å². The van der Waals surface area contributed by atoms with Crippen molar-refractivity contribution in [3.8, 4) is 0 Å². The molecule has 2 amide bonds. The van der Waals surface area contributed by atoms with Crippen LogP contribution in [0.3, 0.4) is 0 Å². The lowest BCUT2D eigenvalue weighted by Gasteiger charge is -2.11. The highest BCUT2D eigenvalue weighted by Gasteiger charge is 2.32. The fraction of sp³-hybridized carbons (Fsp3) is 0.333. The van der Waals surface area contributed by atoms with Crippen LogP contribution in [0.2, 0.25) is 0 Å². The van der Waals surface area contributed by atoms with Crippen molar-refractivity contribution >= 4 is 23.5 Å². The highest BCUT2D eigenvalue weighted by atomic mass is 16.4. The number of nitrogens with zero attached hydrogens (tertiary/aromatic N) is 2. The fourth-order valence-corrected chi connectivity index (χ4v) is 1.91. The summed E-state index contributed by atoms with van der Waals surface area (Å²) in [7, 11) is 1.64. The Bertz CT molecular complexity index is 544. The maximum absolute atomic E-state index is 11.9. The molecule has 0 saturated carbocycles. The Kier molecular flexibility index (Phi) is 3.46. The standard InChI is InChI=1S/C12H13N3O4/c1-15-6-7(4-10(15)16)11(17)14-8-2-3-13-9(5-8)12(18)19/h2-3,5,7H,4,6H2,1H3,(H,18,19)(H,13,14,17). The van der Waals surface area contributed by atoms with Crippen LogP contribution in [0, 0.1) is 5.92 Å². The van der Waals surface area contributed by atoms with Gasteiger partial charge in [0.25, 0.3) is 0 Å². The zero-order chi connectivity index (χ0) is 14.0. The lowest BCUT2D eigenvalue weighted by molar-refractivity contribution is -0.127. The monoisotopic (exact) mass is 263 g/mol. The Labute approximate surface area is 109 Å². The SMILES string of the molecule is CN1CC(C(=O)Nc2ccnc(C(=O)O)c2)CC1=O. The summed E-state index contributed by atoms with van der Waals surface area (Å²) in [4.78, 5) is 39.2. The molecule has 1 aliphatic rings. The number of hydrogen-bond acceptors (Lipinski definition) is 4. The number of pyridine rings is 1. The second-order valence-corrected chi connectivity index (χ2v) is 4.40. The Hall–Kier alpha value is -2.44. The largest absolute Gasteiger partial charge is 0.477 e. The van der Waals surface area contributed by atoms with Gasteiger partial charge in [0, 0.05) is 31.9 Å². The predicted molar refractivity (Wildman–Crippen MR) is 65.6 cm³/mol. The molecule has 0 radical (unpaired) electrons. The lowest BCUT2D eigenvalue weighted by Crippen LogP contribution is -2.25. The quantitative estimate of drug-likeness (QED) is 0.811. The molecular weight excluding hydrogens is 250 g/mol. The summed E-state index contributed by atoms with van der Waals surface area (Å²) in [6.45, 7) is 0.377. The van der Waals surface area contributed by atoms with Crippen LogP contribution in [0.1, 0.15) is 16.9 Å².